The summed E-state index contributed by atoms with van der Waals surface area (Å²) in [6.45, 7) is 1.41. The lowest BCUT2D eigenvalue weighted by atomic mass is 9.71. The first kappa shape index (κ1) is 19.1. The molecular weight excluding hydrogens is 510 g/mol. The highest BCUT2D eigenvalue weighted by atomic mass is 127. The predicted molar refractivity (Wildman–Crippen MR) is 116 cm³/mol. The van der Waals surface area contributed by atoms with Crippen molar-refractivity contribution < 1.29 is 0 Å². The Morgan fingerprint density at radius 3 is 1.30 bits per heavy atom. The number of nitrogens with two attached hydrogens (primary N) is 2. The Bertz CT molecular complexity index is 538. The van der Waals surface area contributed by atoms with Gasteiger partial charge in [0.15, 0.2) is 0 Å². The van der Waals surface area contributed by atoms with Crippen LogP contribution in [-0.2, 0) is 12.8 Å². The molecule has 4 heteroatoms. The van der Waals surface area contributed by atoms with Gasteiger partial charge in [0.2, 0.25) is 0 Å². The first-order valence-corrected chi connectivity index (χ1v) is 10.1. The van der Waals surface area contributed by atoms with Crippen molar-refractivity contribution in [3.8, 4) is 0 Å². The highest BCUT2D eigenvalue weighted by Gasteiger charge is 2.29. The van der Waals surface area contributed by atoms with Crippen LogP contribution in [0.15, 0.2) is 48.5 Å². The molecule has 4 N–H and O–H groups in total. The van der Waals surface area contributed by atoms with E-state index in [9.17, 15) is 0 Å². The second-order valence-corrected chi connectivity index (χ2v) is 8.68. The summed E-state index contributed by atoms with van der Waals surface area (Å²) < 4.78 is 2.54. The van der Waals surface area contributed by atoms with E-state index in [1.165, 1.54) is 18.3 Å². The number of halogens is 2. The highest BCUT2D eigenvalue weighted by molar-refractivity contribution is 14.1. The third-order valence-electron chi connectivity index (χ3n) is 4.33. The Morgan fingerprint density at radius 2 is 1.00 bits per heavy atom. The van der Waals surface area contributed by atoms with Crippen molar-refractivity contribution in [1.29, 1.82) is 0 Å². The second kappa shape index (κ2) is 9.34. The molecule has 0 saturated carbocycles. The molecule has 0 unspecified atom stereocenters. The van der Waals surface area contributed by atoms with Crippen LogP contribution in [0, 0.1) is 12.6 Å². The number of benzene rings is 2. The molecule has 0 bridgehead atoms. The molecule has 2 rings (SSSR count). The van der Waals surface area contributed by atoms with Crippen LogP contribution in [0.5, 0.6) is 0 Å². The first-order valence-electron chi connectivity index (χ1n) is 7.96. The predicted octanol–water partition coefficient (Wildman–Crippen LogP) is 4.37. The lowest BCUT2D eigenvalue weighted by Gasteiger charge is -2.34. The van der Waals surface area contributed by atoms with Gasteiger partial charge in [-0.05, 0) is 125 Å². The Balaban J connectivity index is 2.25. The molecule has 2 nitrogen and oxygen atoms in total. The van der Waals surface area contributed by atoms with Gasteiger partial charge in [0.25, 0.3) is 0 Å². The zero-order valence-corrected chi connectivity index (χ0v) is 17.6. The molecule has 0 aliphatic heterocycles. The maximum Gasteiger partial charge on any atom is 0.0130 e. The van der Waals surface area contributed by atoms with E-state index < -0.39 is 0 Å². The Hall–Kier alpha value is -0.180. The largest absolute Gasteiger partial charge is 0.330 e. The second-order valence-electron chi connectivity index (χ2n) is 6.18. The first-order chi connectivity index (χ1) is 11.1. The fourth-order valence-corrected chi connectivity index (χ4v) is 3.94. The molecular formula is C19H24I2N2. The van der Waals surface area contributed by atoms with Crippen molar-refractivity contribution in [2.45, 2.75) is 25.7 Å². The van der Waals surface area contributed by atoms with Gasteiger partial charge < -0.3 is 11.5 Å². The molecule has 0 heterocycles. The summed E-state index contributed by atoms with van der Waals surface area (Å²) in [5, 5.41) is 0. The molecule has 0 aliphatic rings. The van der Waals surface area contributed by atoms with Crippen molar-refractivity contribution in [2.24, 2.45) is 16.9 Å². The SMILES string of the molecule is NCCC(CCN)(Cc1ccc(I)cc1)Cc1ccc(I)cc1. The molecule has 2 aromatic carbocycles. The van der Waals surface area contributed by atoms with Crippen molar-refractivity contribution in [2.75, 3.05) is 13.1 Å². The fourth-order valence-electron chi connectivity index (χ4n) is 3.22. The molecule has 0 spiro atoms. The van der Waals surface area contributed by atoms with E-state index in [-0.39, 0.29) is 5.41 Å². The van der Waals surface area contributed by atoms with E-state index in [1.807, 2.05) is 0 Å². The Labute approximate surface area is 166 Å². The molecule has 2 aromatic rings. The zero-order chi connectivity index (χ0) is 16.7. The van der Waals surface area contributed by atoms with E-state index >= 15 is 0 Å². The topological polar surface area (TPSA) is 52.0 Å². The van der Waals surface area contributed by atoms with Gasteiger partial charge in [-0.2, -0.15) is 0 Å². The van der Waals surface area contributed by atoms with Gasteiger partial charge in [0.1, 0.15) is 0 Å². The van der Waals surface area contributed by atoms with Gasteiger partial charge in [-0.25, -0.2) is 0 Å². The quantitative estimate of drug-likeness (QED) is 0.495. The summed E-state index contributed by atoms with van der Waals surface area (Å²) in [5.74, 6) is 0. The summed E-state index contributed by atoms with van der Waals surface area (Å²) in [6, 6.07) is 17.6. The Kier molecular flexibility index (Phi) is 7.78. The van der Waals surface area contributed by atoms with Crippen LogP contribution in [0.3, 0.4) is 0 Å². The lowest BCUT2D eigenvalue weighted by molar-refractivity contribution is 0.243. The monoisotopic (exact) mass is 534 g/mol. The smallest absolute Gasteiger partial charge is 0.0130 e. The summed E-state index contributed by atoms with van der Waals surface area (Å²) in [7, 11) is 0. The van der Waals surface area contributed by atoms with Gasteiger partial charge in [-0.1, -0.05) is 24.3 Å². The molecule has 0 fully saturated rings. The zero-order valence-electron chi connectivity index (χ0n) is 13.3. The molecule has 23 heavy (non-hydrogen) atoms. The maximum atomic E-state index is 5.96. The summed E-state index contributed by atoms with van der Waals surface area (Å²) >= 11 is 4.70. The Morgan fingerprint density at radius 1 is 0.652 bits per heavy atom. The average molecular weight is 534 g/mol. The van der Waals surface area contributed by atoms with Crippen molar-refractivity contribution in [3.05, 3.63) is 66.8 Å². The molecule has 0 radical (unpaired) electrons. The summed E-state index contributed by atoms with van der Waals surface area (Å²) in [6.07, 6.45) is 4.07. The van der Waals surface area contributed by atoms with Crippen LogP contribution in [-0.4, -0.2) is 13.1 Å². The number of hydrogen-bond acceptors (Lipinski definition) is 2. The van der Waals surface area contributed by atoms with E-state index in [1.54, 1.807) is 0 Å². The normalized spacial score (nSPS) is 11.7. The highest BCUT2D eigenvalue weighted by Crippen LogP contribution is 2.35. The van der Waals surface area contributed by atoms with Crippen LogP contribution in [0.1, 0.15) is 24.0 Å². The molecule has 0 amide bonds. The van der Waals surface area contributed by atoms with E-state index in [2.05, 4.69) is 93.7 Å². The fraction of sp³-hybridized carbons (Fsp3) is 0.368. The van der Waals surface area contributed by atoms with Crippen LogP contribution in [0.4, 0.5) is 0 Å². The lowest BCUT2D eigenvalue weighted by Crippen LogP contribution is -2.32. The van der Waals surface area contributed by atoms with Crippen LogP contribution >= 0.6 is 45.2 Å². The summed E-state index contributed by atoms with van der Waals surface area (Å²) in [4.78, 5) is 0. The van der Waals surface area contributed by atoms with E-state index in [0.29, 0.717) is 13.1 Å². The van der Waals surface area contributed by atoms with E-state index in [4.69, 9.17) is 11.5 Å². The van der Waals surface area contributed by atoms with Gasteiger partial charge in [-0.15, -0.1) is 0 Å². The number of rotatable bonds is 8. The van der Waals surface area contributed by atoms with Crippen LogP contribution in [0.2, 0.25) is 0 Å². The van der Waals surface area contributed by atoms with Crippen LogP contribution < -0.4 is 11.5 Å². The molecule has 0 aliphatic carbocycles. The molecule has 0 aromatic heterocycles. The third-order valence-corrected chi connectivity index (χ3v) is 5.77. The van der Waals surface area contributed by atoms with E-state index in [0.717, 1.165) is 25.7 Å². The van der Waals surface area contributed by atoms with Gasteiger partial charge in [0, 0.05) is 7.14 Å². The maximum absolute atomic E-state index is 5.96. The third kappa shape index (κ3) is 5.99. The van der Waals surface area contributed by atoms with Crippen molar-refractivity contribution in [1.82, 2.24) is 0 Å². The molecule has 0 atom stereocenters. The minimum absolute atomic E-state index is 0.142. The minimum atomic E-state index is 0.142. The molecule has 0 saturated heterocycles. The number of hydrogen-bond donors (Lipinski definition) is 2. The summed E-state index contributed by atoms with van der Waals surface area (Å²) in [5.41, 5.74) is 14.8. The standard InChI is InChI=1S/C19H24I2N2/c20-17-5-1-15(2-6-17)13-19(9-11-22,10-12-23)14-16-3-7-18(21)8-4-16/h1-8H,9-14,22-23H2. The van der Waals surface area contributed by atoms with Crippen LogP contribution in [0.25, 0.3) is 0 Å². The minimum Gasteiger partial charge on any atom is -0.330 e. The van der Waals surface area contributed by atoms with Crippen molar-refractivity contribution in [3.63, 3.8) is 0 Å². The van der Waals surface area contributed by atoms with Gasteiger partial charge in [-0.3, -0.25) is 0 Å². The average Bonchev–Trinajstić information content (AvgIpc) is 2.52. The van der Waals surface area contributed by atoms with Gasteiger partial charge in [0.05, 0.1) is 0 Å². The van der Waals surface area contributed by atoms with Gasteiger partial charge >= 0.3 is 0 Å². The molecule has 124 valence electrons. The van der Waals surface area contributed by atoms with Crippen molar-refractivity contribution >= 4 is 45.2 Å².